The fourth-order valence-electron chi connectivity index (χ4n) is 5.32. The normalized spacial score (nSPS) is 20.2. The van der Waals surface area contributed by atoms with E-state index in [1.807, 2.05) is 0 Å². The van der Waals surface area contributed by atoms with Crippen molar-refractivity contribution in [3.05, 3.63) is 70.9 Å². The fraction of sp³-hybridized carbons (Fsp3) is 0.360. The van der Waals surface area contributed by atoms with Gasteiger partial charge in [0, 0.05) is 23.2 Å². The van der Waals surface area contributed by atoms with Gasteiger partial charge < -0.3 is 4.98 Å². The van der Waals surface area contributed by atoms with Crippen molar-refractivity contribution < 1.29 is 26.3 Å². The van der Waals surface area contributed by atoms with Gasteiger partial charge in [-0.1, -0.05) is 0 Å². The predicted molar refractivity (Wildman–Crippen MR) is 116 cm³/mol. The number of aryl methyl sites for hydroxylation is 1. The number of pyridine rings is 1. The second kappa shape index (κ2) is 8.29. The number of H-pyrrole nitrogens is 1. The highest BCUT2D eigenvalue weighted by Gasteiger charge is 2.48. The van der Waals surface area contributed by atoms with Gasteiger partial charge in [0.1, 0.15) is 17.6 Å². The lowest BCUT2D eigenvalue weighted by molar-refractivity contribution is -0.166. The molecule has 0 unspecified atom stereocenters. The van der Waals surface area contributed by atoms with E-state index in [-0.39, 0.29) is 47.0 Å². The van der Waals surface area contributed by atoms with E-state index in [2.05, 4.69) is 15.0 Å². The Bertz CT molecular complexity index is 1370. The number of aromatic nitrogens is 3. The maximum Gasteiger partial charge on any atom is 0.399 e. The van der Waals surface area contributed by atoms with Gasteiger partial charge in [0.15, 0.2) is 11.6 Å². The van der Waals surface area contributed by atoms with Crippen LogP contribution in [-0.4, -0.2) is 21.1 Å². The van der Waals surface area contributed by atoms with Gasteiger partial charge in [0.25, 0.3) is 0 Å². The van der Waals surface area contributed by atoms with Crippen molar-refractivity contribution in [1.29, 1.82) is 0 Å². The second-order valence-electron chi connectivity index (χ2n) is 9.01. The van der Waals surface area contributed by atoms with Crippen LogP contribution in [0.15, 0.2) is 36.5 Å². The number of fused-ring (bicyclic) bond motifs is 2. The molecule has 1 aliphatic carbocycles. The number of benzene rings is 2. The first-order valence-electron chi connectivity index (χ1n) is 11.1. The lowest BCUT2D eigenvalue weighted by atomic mass is 9.73. The molecule has 0 bridgehead atoms. The minimum absolute atomic E-state index is 0.0152. The van der Waals surface area contributed by atoms with Gasteiger partial charge in [-0.2, -0.15) is 13.2 Å². The van der Waals surface area contributed by atoms with Crippen molar-refractivity contribution >= 4 is 21.9 Å². The Labute approximate surface area is 191 Å². The third kappa shape index (κ3) is 3.91. The summed E-state index contributed by atoms with van der Waals surface area (Å²) < 4.78 is 84.1. The molecule has 2 heterocycles. The van der Waals surface area contributed by atoms with Gasteiger partial charge in [0.2, 0.25) is 0 Å². The molecule has 3 nitrogen and oxygen atoms in total. The molecule has 4 aromatic rings. The average molecular weight is 477 g/mol. The minimum Gasteiger partial charge on any atom is -0.341 e. The van der Waals surface area contributed by atoms with Crippen molar-refractivity contribution in [2.45, 2.75) is 50.6 Å². The number of halogens is 6. The van der Waals surface area contributed by atoms with E-state index in [9.17, 15) is 26.3 Å². The number of rotatable bonds is 3. The lowest BCUT2D eigenvalue weighted by Crippen LogP contribution is -2.31. The topological polar surface area (TPSA) is 41.6 Å². The highest BCUT2D eigenvalue weighted by Crippen LogP contribution is 2.48. The number of aromatic amines is 1. The molecule has 1 atom stereocenters. The Hall–Kier alpha value is -3.10. The predicted octanol–water partition coefficient (Wildman–Crippen LogP) is 7.46. The van der Waals surface area contributed by atoms with Gasteiger partial charge >= 0.3 is 6.18 Å². The first kappa shape index (κ1) is 22.7. The molecule has 1 aliphatic rings. The molecule has 9 heteroatoms. The highest BCUT2D eigenvalue weighted by atomic mass is 19.4. The van der Waals surface area contributed by atoms with E-state index in [0.29, 0.717) is 23.7 Å². The Morgan fingerprint density at radius 3 is 2.41 bits per heavy atom. The first-order valence-corrected chi connectivity index (χ1v) is 11.1. The molecule has 1 N–H and O–H groups in total. The van der Waals surface area contributed by atoms with Gasteiger partial charge in [-0.3, -0.25) is 4.98 Å². The summed E-state index contributed by atoms with van der Waals surface area (Å²) in [7, 11) is 0. The number of hydrogen-bond donors (Lipinski definition) is 1. The molecule has 1 saturated carbocycles. The third-order valence-corrected chi connectivity index (χ3v) is 7.00. The summed E-state index contributed by atoms with van der Waals surface area (Å²) in [6, 6.07) is 6.96. The first-order chi connectivity index (χ1) is 16.1. The molecule has 178 valence electrons. The quantitative estimate of drug-likeness (QED) is 0.311. The van der Waals surface area contributed by atoms with Gasteiger partial charge in [-0.25, -0.2) is 18.2 Å². The summed E-state index contributed by atoms with van der Waals surface area (Å²) in [4.78, 5) is 10.9. The van der Waals surface area contributed by atoms with Crippen molar-refractivity contribution in [2.75, 3.05) is 0 Å². The van der Waals surface area contributed by atoms with Crippen LogP contribution in [0.25, 0.3) is 21.9 Å². The molecule has 5 rings (SSSR count). The van der Waals surface area contributed by atoms with Gasteiger partial charge in [0.05, 0.1) is 16.6 Å². The molecule has 0 saturated heterocycles. The van der Waals surface area contributed by atoms with E-state index in [4.69, 9.17) is 0 Å². The molecule has 34 heavy (non-hydrogen) atoms. The van der Waals surface area contributed by atoms with E-state index in [1.54, 1.807) is 18.3 Å². The summed E-state index contributed by atoms with van der Waals surface area (Å²) in [5.74, 6) is -5.59. The fourth-order valence-corrected chi connectivity index (χ4v) is 5.32. The average Bonchev–Trinajstić information content (AvgIpc) is 3.20. The van der Waals surface area contributed by atoms with Crippen molar-refractivity contribution in [2.24, 2.45) is 5.92 Å². The van der Waals surface area contributed by atoms with Crippen LogP contribution in [0.4, 0.5) is 26.3 Å². The van der Waals surface area contributed by atoms with E-state index in [0.717, 1.165) is 11.6 Å². The van der Waals surface area contributed by atoms with Gasteiger partial charge in [-0.15, -0.1) is 0 Å². The van der Waals surface area contributed by atoms with Crippen LogP contribution in [-0.2, 0) is 0 Å². The van der Waals surface area contributed by atoms with Crippen LogP contribution >= 0.6 is 0 Å². The standard InChI is InChI=1S/C25H21F6N3/c1-12-22(28)18(27)11-20-23(12)34-24(33-20)21(25(29,30)31)14-4-2-13(3-5-14)16-8-9-32-19-7-6-15(26)10-17(16)19/h6-11,13-14,21H,2-5H2,1H3,(H,33,34)/t13-,14+,21-/m1/s1. The summed E-state index contributed by atoms with van der Waals surface area (Å²) in [5, 5.41) is 0.676. The number of hydrogen-bond acceptors (Lipinski definition) is 2. The molecule has 2 aromatic carbocycles. The van der Waals surface area contributed by atoms with Crippen LogP contribution < -0.4 is 0 Å². The summed E-state index contributed by atoms with van der Waals surface area (Å²) >= 11 is 0. The molecule has 0 amide bonds. The molecular weight excluding hydrogens is 456 g/mol. The third-order valence-electron chi connectivity index (χ3n) is 7.00. The Balaban J connectivity index is 1.44. The van der Waals surface area contributed by atoms with Crippen LogP contribution in [0.2, 0.25) is 0 Å². The second-order valence-corrected chi connectivity index (χ2v) is 9.01. The smallest absolute Gasteiger partial charge is 0.341 e. The Morgan fingerprint density at radius 1 is 0.971 bits per heavy atom. The monoisotopic (exact) mass is 477 g/mol. The zero-order valence-electron chi connectivity index (χ0n) is 18.2. The number of nitrogens with one attached hydrogen (secondary N) is 1. The van der Waals surface area contributed by atoms with E-state index >= 15 is 0 Å². The van der Waals surface area contributed by atoms with Crippen molar-refractivity contribution in [3.63, 3.8) is 0 Å². The van der Waals surface area contributed by atoms with Crippen LogP contribution in [0, 0.1) is 30.3 Å². The summed E-state index contributed by atoms with van der Waals surface area (Å²) in [6.45, 7) is 1.30. The number of imidazole rings is 1. The number of nitrogens with zero attached hydrogens (tertiary/aromatic N) is 2. The number of alkyl halides is 3. The Kier molecular flexibility index (Phi) is 5.53. The molecule has 2 aromatic heterocycles. The minimum atomic E-state index is -4.58. The maximum atomic E-state index is 14.2. The SMILES string of the molecule is Cc1c(F)c(F)cc2nc([C@@H]([C@H]3CC[C@@H](c4ccnc5ccc(F)cc54)CC3)C(F)(F)F)[nH]c12. The molecule has 1 fully saturated rings. The van der Waals surface area contributed by atoms with E-state index < -0.39 is 29.6 Å². The molecule has 0 aliphatic heterocycles. The lowest BCUT2D eigenvalue weighted by Gasteiger charge is -2.34. The molecule has 0 spiro atoms. The van der Waals surface area contributed by atoms with Crippen LogP contribution in [0.1, 0.15) is 54.5 Å². The van der Waals surface area contributed by atoms with Crippen LogP contribution in [0.5, 0.6) is 0 Å². The Morgan fingerprint density at radius 2 is 1.71 bits per heavy atom. The summed E-state index contributed by atoms with van der Waals surface area (Å²) in [5.41, 5.74) is 1.47. The summed E-state index contributed by atoms with van der Waals surface area (Å²) in [6.07, 6.45) is -1.39. The van der Waals surface area contributed by atoms with E-state index in [1.165, 1.54) is 19.1 Å². The largest absolute Gasteiger partial charge is 0.399 e. The van der Waals surface area contributed by atoms with Crippen molar-refractivity contribution in [3.8, 4) is 0 Å². The zero-order chi connectivity index (χ0) is 24.2. The maximum absolute atomic E-state index is 14.2. The van der Waals surface area contributed by atoms with Crippen molar-refractivity contribution in [1.82, 2.24) is 15.0 Å². The van der Waals surface area contributed by atoms with Crippen LogP contribution in [0.3, 0.4) is 0 Å². The zero-order valence-corrected chi connectivity index (χ0v) is 18.2. The molecule has 0 radical (unpaired) electrons. The highest BCUT2D eigenvalue weighted by molar-refractivity contribution is 5.82. The van der Waals surface area contributed by atoms with Gasteiger partial charge in [-0.05, 0) is 74.3 Å². The molecular formula is C25H21F6N3.